The number of aliphatic hydroxyl groups excluding tert-OH is 1. The third-order valence-electron chi connectivity index (χ3n) is 3.43. The van der Waals surface area contributed by atoms with Crippen LogP contribution in [0.4, 0.5) is 11.8 Å². The van der Waals surface area contributed by atoms with Gasteiger partial charge in [0.25, 0.3) is 0 Å². The Bertz CT molecular complexity index is 375. The molecule has 100 valence electrons. The lowest BCUT2D eigenvalue weighted by Gasteiger charge is -2.25. The van der Waals surface area contributed by atoms with Gasteiger partial charge in [-0.05, 0) is 37.7 Å². The van der Waals surface area contributed by atoms with E-state index in [4.69, 9.17) is 0 Å². The predicted octanol–water partition coefficient (Wildman–Crippen LogP) is 1.51. The molecule has 2 N–H and O–H groups in total. The molecule has 0 amide bonds. The average molecular weight is 250 g/mol. The zero-order chi connectivity index (χ0) is 13.0. The Hall–Kier alpha value is -1.36. The maximum Gasteiger partial charge on any atom is 0.226 e. The van der Waals surface area contributed by atoms with Crippen molar-refractivity contribution in [2.75, 3.05) is 30.9 Å². The minimum atomic E-state index is -0.0827. The van der Waals surface area contributed by atoms with E-state index < -0.39 is 0 Å². The van der Waals surface area contributed by atoms with Crippen molar-refractivity contribution < 1.29 is 5.11 Å². The molecule has 1 aliphatic rings. The molecule has 2 rings (SSSR count). The fraction of sp³-hybridized carbons (Fsp3) is 0.692. The van der Waals surface area contributed by atoms with E-state index in [1.54, 1.807) is 6.20 Å². The summed E-state index contributed by atoms with van der Waals surface area (Å²) in [7, 11) is 3.86. The van der Waals surface area contributed by atoms with E-state index in [9.17, 15) is 5.11 Å². The summed E-state index contributed by atoms with van der Waals surface area (Å²) in [4.78, 5) is 10.5. The highest BCUT2D eigenvalue weighted by atomic mass is 16.3. The highest BCUT2D eigenvalue weighted by Crippen LogP contribution is 2.24. The summed E-state index contributed by atoms with van der Waals surface area (Å²) in [5.74, 6) is 2.24. The lowest BCUT2D eigenvalue weighted by molar-refractivity contribution is 0.111. The van der Waals surface area contributed by atoms with Gasteiger partial charge in [0.05, 0.1) is 6.10 Å². The Morgan fingerprint density at radius 1 is 1.33 bits per heavy atom. The van der Waals surface area contributed by atoms with Crippen molar-refractivity contribution in [2.24, 2.45) is 5.92 Å². The monoisotopic (exact) mass is 250 g/mol. The molecule has 0 unspecified atom stereocenters. The number of hydrogen-bond acceptors (Lipinski definition) is 5. The molecule has 1 aliphatic carbocycles. The molecule has 5 nitrogen and oxygen atoms in total. The minimum absolute atomic E-state index is 0.0827. The van der Waals surface area contributed by atoms with E-state index in [1.807, 2.05) is 25.1 Å². The minimum Gasteiger partial charge on any atom is -0.393 e. The Balaban J connectivity index is 1.84. The third-order valence-corrected chi connectivity index (χ3v) is 3.43. The molecule has 0 radical (unpaired) electrons. The molecule has 0 bridgehead atoms. The van der Waals surface area contributed by atoms with Crippen LogP contribution in [0.2, 0.25) is 0 Å². The van der Waals surface area contributed by atoms with E-state index in [2.05, 4.69) is 15.3 Å². The Morgan fingerprint density at radius 3 is 2.72 bits per heavy atom. The summed E-state index contributed by atoms with van der Waals surface area (Å²) >= 11 is 0. The predicted molar refractivity (Wildman–Crippen MR) is 72.8 cm³/mol. The molecule has 0 aromatic carbocycles. The van der Waals surface area contributed by atoms with Gasteiger partial charge >= 0.3 is 0 Å². The summed E-state index contributed by atoms with van der Waals surface area (Å²) in [6.07, 6.45) is 5.74. The van der Waals surface area contributed by atoms with E-state index in [0.717, 1.165) is 44.0 Å². The van der Waals surface area contributed by atoms with E-state index in [-0.39, 0.29) is 6.10 Å². The molecular weight excluding hydrogens is 228 g/mol. The molecule has 1 aromatic heterocycles. The second kappa shape index (κ2) is 6.00. The second-order valence-corrected chi connectivity index (χ2v) is 5.19. The number of nitrogens with one attached hydrogen (secondary N) is 1. The van der Waals surface area contributed by atoms with Crippen LogP contribution in [0.5, 0.6) is 0 Å². The van der Waals surface area contributed by atoms with Gasteiger partial charge in [0, 0.05) is 26.8 Å². The first-order chi connectivity index (χ1) is 8.65. The van der Waals surface area contributed by atoms with Gasteiger partial charge in [0.15, 0.2) is 0 Å². The number of aromatic nitrogens is 2. The molecule has 1 saturated carbocycles. The number of nitrogens with zero attached hydrogens (tertiary/aromatic N) is 3. The maximum atomic E-state index is 9.46. The van der Waals surface area contributed by atoms with Crippen LogP contribution in [0.1, 0.15) is 25.7 Å². The van der Waals surface area contributed by atoms with Crippen molar-refractivity contribution in [3.05, 3.63) is 12.3 Å². The fourth-order valence-electron chi connectivity index (χ4n) is 2.26. The number of rotatable bonds is 4. The lowest BCUT2D eigenvalue weighted by atomic mass is 9.87. The quantitative estimate of drug-likeness (QED) is 0.848. The van der Waals surface area contributed by atoms with Crippen LogP contribution in [0.3, 0.4) is 0 Å². The van der Waals surface area contributed by atoms with Crippen LogP contribution in [0.25, 0.3) is 0 Å². The Kier molecular flexibility index (Phi) is 4.36. The summed E-state index contributed by atoms with van der Waals surface area (Å²) in [6, 6.07) is 1.89. The first-order valence-electron chi connectivity index (χ1n) is 6.57. The maximum absolute atomic E-state index is 9.46. The SMILES string of the molecule is CN(C)c1nccc(NCC2CCC(O)CC2)n1. The van der Waals surface area contributed by atoms with Crippen molar-refractivity contribution in [1.82, 2.24) is 9.97 Å². The van der Waals surface area contributed by atoms with E-state index in [0.29, 0.717) is 5.92 Å². The van der Waals surface area contributed by atoms with Crippen LogP contribution in [-0.2, 0) is 0 Å². The first kappa shape index (κ1) is 13.1. The van der Waals surface area contributed by atoms with Crippen LogP contribution in [0, 0.1) is 5.92 Å². The Morgan fingerprint density at radius 2 is 2.06 bits per heavy atom. The van der Waals surface area contributed by atoms with E-state index >= 15 is 0 Å². The smallest absolute Gasteiger partial charge is 0.226 e. The first-order valence-corrected chi connectivity index (χ1v) is 6.57. The van der Waals surface area contributed by atoms with Crippen LogP contribution < -0.4 is 10.2 Å². The number of aliphatic hydroxyl groups is 1. The average Bonchev–Trinajstić information content (AvgIpc) is 2.38. The normalized spacial score (nSPS) is 23.7. The summed E-state index contributed by atoms with van der Waals surface area (Å²) in [5.41, 5.74) is 0. The van der Waals surface area contributed by atoms with Crippen LogP contribution in [0.15, 0.2) is 12.3 Å². The molecule has 0 saturated heterocycles. The summed E-state index contributed by atoms with van der Waals surface area (Å²) in [6.45, 7) is 0.927. The molecule has 18 heavy (non-hydrogen) atoms. The van der Waals surface area contributed by atoms with Gasteiger partial charge in [-0.25, -0.2) is 4.98 Å². The summed E-state index contributed by atoms with van der Waals surface area (Å²) in [5, 5.41) is 12.8. The van der Waals surface area contributed by atoms with Crippen LogP contribution in [-0.4, -0.2) is 41.8 Å². The van der Waals surface area contributed by atoms with Gasteiger partial charge in [-0.15, -0.1) is 0 Å². The third kappa shape index (κ3) is 3.57. The van der Waals surface area contributed by atoms with Crippen molar-refractivity contribution in [3.8, 4) is 0 Å². The van der Waals surface area contributed by atoms with Gasteiger partial charge in [0.1, 0.15) is 5.82 Å². The van der Waals surface area contributed by atoms with Gasteiger partial charge in [-0.3, -0.25) is 0 Å². The van der Waals surface area contributed by atoms with Crippen molar-refractivity contribution in [1.29, 1.82) is 0 Å². The molecule has 0 aliphatic heterocycles. The zero-order valence-corrected chi connectivity index (χ0v) is 11.1. The standard InChI is InChI=1S/C13H22N4O/c1-17(2)13-14-8-7-12(16-13)15-9-10-3-5-11(18)6-4-10/h7-8,10-11,18H,3-6,9H2,1-2H3,(H,14,15,16). The van der Waals surface area contributed by atoms with Gasteiger partial charge in [0.2, 0.25) is 5.95 Å². The van der Waals surface area contributed by atoms with Gasteiger partial charge in [-0.2, -0.15) is 4.98 Å². The molecule has 5 heteroatoms. The van der Waals surface area contributed by atoms with Crippen molar-refractivity contribution in [3.63, 3.8) is 0 Å². The fourth-order valence-corrected chi connectivity index (χ4v) is 2.26. The van der Waals surface area contributed by atoms with Gasteiger partial charge in [-0.1, -0.05) is 0 Å². The molecule has 1 heterocycles. The number of anilines is 2. The van der Waals surface area contributed by atoms with Crippen LogP contribution >= 0.6 is 0 Å². The zero-order valence-electron chi connectivity index (χ0n) is 11.1. The molecular formula is C13H22N4O. The molecule has 1 aromatic rings. The molecule has 1 fully saturated rings. The number of hydrogen-bond donors (Lipinski definition) is 2. The Labute approximate surface area is 108 Å². The topological polar surface area (TPSA) is 61.3 Å². The summed E-state index contributed by atoms with van der Waals surface area (Å²) < 4.78 is 0. The second-order valence-electron chi connectivity index (χ2n) is 5.19. The lowest BCUT2D eigenvalue weighted by Crippen LogP contribution is -2.24. The van der Waals surface area contributed by atoms with Crippen molar-refractivity contribution in [2.45, 2.75) is 31.8 Å². The van der Waals surface area contributed by atoms with E-state index in [1.165, 1.54) is 0 Å². The van der Waals surface area contributed by atoms with Gasteiger partial charge < -0.3 is 15.3 Å². The largest absolute Gasteiger partial charge is 0.393 e. The molecule has 0 spiro atoms. The highest BCUT2D eigenvalue weighted by molar-refractivity contribution is 5.40. The highest BCUT2D eigenvalue weighted by Gasteiger charge is 2.19. The van der Waals surface area contributed by atoms with Crippen molar-refractivity contribution >= 4 is 11.8 Å². The molecule has 0 atom stereocenters.